The van der Waals surface area contributed by atoms with Crippen molar-refractivity contribution in [2.45, 2.75) is 26.7 Å². The van der Waals surface area contributed by atoms with Crippen molar-refractivity contribution >= 4 is 16.9 Å². The van der Waals surface area contributed by atoms with Crippen molar-refractivity contribution in [2.75, 3.05) is 6.61 Å². The van der Waals surface area contributed by atoms with Gasteiger partial charge in [-0.2, -0.15) is 0 Å². The molecule has 0 unspecified atom stereocenters. The maximum absolute atomic E-state index is 11.5. The Balaban J connectivity index is 2.16. The SMILES string of the molecule is CCCOC(=O)Cc1coc2cc(C)ccc12. The van der Waals surface area contributed by atoms with E-state index in [0.29, 0.717) is 6.61 Å². The first-order valence-electron chi connectivity index (χ1n) is 5.83. The molecule has 0 N–H and O–H groups in total. The molecule has 0 spiro atoms. The fraction of sp³-hybridized carbons (Fsp3) is 0.357. The summed E-state index contributed by atoms with van der Waals surface area (Å²) in [4.78, 5) is 11.5. The molecule has 2 aromatic rings. The highest BCUT2D eigenvalue weighted by molar-refractivity contribution is 5.86. The van der Waals surface area contributed by atoms with Crippen LogP contribution in [-0.4, -0.2) is 12.6 Å². The van der Waals surface area contributed by atoms with Crippen molar-refractivity contribution in [3.63, 3.8) is 0 Å². The molecule has 0 aliphatic heterocycles. The molecule has 1 aromatic carbocycles. The first-order chi connectivity index (χ1) is 8.20. The van der Waals surface area contributed by atoms with Crippen molar-refractivity contribution in [3.05, 3.63) is 35.6 Å². The summed E-state index contributed by atoms with van der Waals surface area (Å²) < 4.78 is 10.5. The molecule has 2 rings (SSSR count). The van der Waals surface area contributed by atoms with Crippen LogP contribution in [0.1, 0.15) is 24.5 Å². The van der Waals surface area contributed by atoms with Crippen LogP contribution in [0.4, 0.5) is 0 Å². The number of fused-ring (bicyclic) bond motifs is 1. The summed E-state index contributed by atoms with van der Waals surface area (Å²) in [6.45, 7) is 4.47. The van der Waals surface area contributed by atoms with E-state index in [9.17, 15) is 4.79 Å². The van der Waals surface area contributed by atoms with E-state index in [-0.39, 0.29) is 12.4 Å². The van der Waals surface area contributed by atoms with Crippen molar-refractivity contribution < 1.29 is 13.9 Å². The van der Waals surface area contributed by atoms with Crippen molar-refractivity contribution in [1.82, 2.24) is 0 Å². The van der Waals surface area contributed by atoms with Gasteiger partial charge in [-0.1, -0.05) is 19.1 Å². The second-order valence-corrected chi connectivity index (χ2v) is 4.16. The van der Waals surface area contributed by atoms with Crippen LogP contribution in [0, 0.1) is 6.92 Å². The lowest BCUT2D eigenvalue weighted by atomic mass is 10.1. The van der Waals surface area contributed by atoms with Crippen LogP contribution in [0.3, 0.4) is 0 Å². The first-order valence-corrected chi connectivity index (χ1v) is 5.83. The summed E-state index contributed by atoms with van der Waals surface area (Å²) in [5.41, 5.74) is 2.86. The maximum atomic E-state index is 11.5. The first kappa shape index (κ1) is 11.7. The number of aryl methyl sites for hydroxylation is 1. The van der Waals surface area contributed by atoms with E-state index >= 15 is 0 Å². The van der Waals surface area contributed by atoms with Gasteiger partial charge in [-0.15, -0.1) is 0 Å². The lowest BCUT2D eigenvalue weighted by Crippen LogP contribution is -2.08. The average molecular weight is 232 g/mol. The summed E-state index contributed by atoms with van der Waals surface area (Å²) in [7, 11) is 0. The standard InChI is InChI=1S/C14H16O3/c1-3-6-16-14(15)8-11-9-17-13-7-10(2)4-5-12(11)13/h4-5,7,9H,3,6,8H2,1-2H3. The number of rotatable bonds is 4. The maximum Gasteiger partial charge on any atom is 0.310 e. The molecular weight excluding hydrogens is 216 g/mol. The Labute approximate surface area is 100 Å². The molecule has 90 valence electrons. The molecule has 0 atom stereocenters. The van der Waals surface area contributed by atoms with E-state index in [2.05, 4.69) is 0 Å². The molecule has 0 saturated carbocycles. The number of hydrogen-bond donors (Lipinski definition) is 0. The predicted molar refractivity (Wildman–Crippen MR) is 65.9 cm³/mol. The molecule has 0 fully saturated rings. The normalized spacial score (nSPS) is 10.7. The third-order valence-electron chi connectivity index (χ3n) is 2.61. The summed E-state index contributed by atoms with van der Waals surface area (Å²) in [5.74, 6) is -0.199. The Morgan fingerprint density at radius 3 is 3.00 bits per heavy atom. The average Bonchev–Trinajstić information content (AvgIpc) is 2.69. The summed E-state index contributed by atoms with van der Waals surface area (Å²) in [6, 6.07) is 5.96. The molecule has 0 aliphatic carbocycles. The van der Waals surface area contributed by atoms with E-state index in [1.807, 2.05) is 32.0 Å². The molecule has 0 aliphatic rings. The Kier molecular flexibility index (Phi) is 3.47. The number of furan rings is 1. The number of benzene rings is 1. The monoisotopic (exact) mass is 232 g/mol. The van der Waals surface area contributed by atoms with E-state index in [0.717, 1.165) is 28.5 Å². The van der Waals surface area contributed by atoms with Crippen molar-refractivity contribution in [3.8, 4) is 0 Å². The molecule has 3 nitrogen and oxygen atoms in total. The van der Waals surface area contributed by atoms with Crippen LogP contribution >= 0.6 is 0 Å². The Morgan fingerprint density at radius 1 is 1.41 bits per heavy atom. The molecule has 0 bridgehead atoms. The number of carbonyl (C=O) groups is 1. The van der Waals surface area contributed by atoms with Crippen LogP contribution in [0.2, 0.25) is 0 Å². The minimum Gasteiger partial charge on any atom is -0.465 e. The number of hydrogen-bond acceptors (Lipinski definition) is 3. The van der Waals surface area contributed by atoms with E-state index < -0.39 is 0 Å². The summed E-state index contributed by atoms with van der Waals surface area (Å²) >= 11 is 0. The second-order valence-electron chi connectivity index (χ2n) is 4.16. The van der Waals surface area contributed by atoms with Gasteiger partial charge < -0.3 is 9.15 Å². The van der Waals surface area contributed by atoms with E-state index in [4.69, 9.17) is 9.15 Å². The fourth-order valence-electron chi connectivity index (χ4n) is 1.75. The third-order valence-corrected chi connectivity index (χ3v) is 2.61. The minimum atomic E-state index is -0.199. The lowest BCUT2D eigenvalue weighted by molar-refractivity contribution is -0.142. The van der Waals surface area contributed by atoms with Crippen molar-refractivity contribution in [1.29, 1.82) is 0 Å². The number of ether oxygens (including phenoxy) is 1. The molecule has 0 amide bonds. The van der Waals surface area contributed by atoms with Crippen LogP contribution in [0.5, 0.6) is 0 Å². The molecule has 0 saturated heterocycles. The summed E-state index contributed by atoms with van der Waals surface area (Å²) in [6.07, 6.45) is 2.75. The predicted octanol–water partition coefficient (Wildman–Crippen LogP) is 3.24. The number of carbonyl (C=O) groups excluding carboxylic acids is 1. The Bertz CT molecular complexity index is 525. The molecule has 1 aromatic heterocycles. The van der Waals surface area contributed by atoms with Crippen LogP contribution < -0.4 is 0 Å². The van der Waals surface area contributed by atoms with E-state index in [1.165, 1.54) is 0 Å². The Morgan fingerprint density at radius 2 is 2.24 bits per heavy atom. The van der Waals surface area contributed by atoms with Gasteiger partial charge >= 0.3 is 5.97 Å². The zero-order chi connectivity index (χ0) is 12.3. The van der Waals surface area contributed by atoms with Crippen molar-refractivity contribution in [2.24, 2.45) is 0 Å². The van der Waals surface area contributed by atoms with Gasteiger partial charge in [0.05, 0.1) is 19.3 Å². The van der Waals surface area contributed by atoms with Gasteiger partial charge in [-0.05, 0) is 25.0 Å². The van der Waals surface area contributed by atoms with Gasteiger partial charge in [-0.3, -0.25) is 4.79 Å². The fourth-order valence-corrected chi connectivity index (χ4v) is 1.75. The Hall–Kier alpha value is -1.77. The highest BCUT2D eigenvalue weighted by Crippen LogP contribution is 2.22. The molecule has 1 heterocycles. The molecular formula is C14H16O3. The van der Waals surface area contributed by atoms with Crippen LogP contribution in [-0.2, 0) is 16.0 Å². The lowest BCUT2D eigenvalue weighted by Gasteiger charge is -2.01. The number of esters is 1. The van der Waals surface area contributed by atoms with Gasteiger partial charge in [0.1, 0.15) is 5.58 Å². The topological polar surface area (TPSA) is 39.4 Å². The zero-order valence-electron chi connectivity index (χ0n) is 10.2. The molecule has 17 heavy (non-hydrogen) atoms. The highest BCUT2D eigenvalue weighted by atomic mass is 16.5. The third kappa shape index (κ3) is 2.67. The van der Waals surface area contributed by atoms with Crippen LogP contribution in [0.15, 0.2) is 28.9 Å². The smallest absolute Gasteiger partial charge is 0.310 e. The minimum absolute atomic E-state index is 0.199. The zero-order valence-corrected chi connectivity index (χ0v) is 10.2. The van der Waals surface area contributed by atoms with Gasteiger partial charge in [0.25, 0.3) is 0 Å². The van der Waals surface area contributed by atoms with Gasteiger partial charge in [0, 0.05) is 10.9 Å². The molecule has 3 heteroatoms. The second kappa shape index (κ2) is 5.04. The van der Waals surface area contributed by atoms with Gasteiger partial charge in [-0.25, -0.2) is 0 Å². The van der Waals surface area contributed by atoms with Gasteiger partial charge in [0.2, 0.25) is 0 Å². The highest BCUT2D eigenvalue weighted by Gasteiger charge is 2.11. The van der Waals surface area contributed by atoms with Gasteiger partial charge in [0.15, 0.2) is 0 Å². The van der Waals surface area contributed by atoms with E-state index in [1.54, 1.807) is 6.26 Å². The summed E-state index contributed by atoms with van der Waals surface area (Å²) in [5, 5.41) is 0.990. The largest absolute Gasteiger partial charge is 0.465 e. The van der Waals surface area contributed by atoms with Crippen LogP contribution in [0.25, 0.3) is 11.0 Å². The molecule has 0 radical (unpaired) electrons. The quantitative estimate of drug-likeness (QED) is 0.760.